The molecule has 7 nitrogen and oxygen atoms in total. The molecule has 3 rings (SSSR count). The van der Waals surface area contributed by atoms with Crippen LogP contribution in [0.5, 0.6) is 11.5 Å². The molecule has 0 spiro atoms. The minimum Gasteiger partial charge on any atom is -0.507 e. The van der Waals surface area contributed by atoms with Gasteiger partial charge in [0.15, 0.2) is 11.6 Å². The number of likely N-dealkylation sites (tertiary alicyclic amines) is 1. The number of benzene rings is 2. The molecule has 1 saturated heterocycles. The van der Waals surface area contributed by atoms with Crippen molar-refractivity contribution in [3.63, 3.8) is 0 Å². The molecule has 2 aromatic carbocycles. The van der Waals surface area contributed by atoms with Crippen molar-refractivity contribution >= 4 is 17.4 Å². The molecule has 0 aliphatic carbocycles. The predicted octanol–water partition coefficient (Wildman–Crippen LogP) is 2.83. The number of para-hydroxylation sites is 1. The number of carbonyl (C=O) groups excluding carboxylic acids is 2. The van der Waals surface area contributed by atoms with Crippen molar-refractivity contribution in [1.82, 2.24) is 9.80 Å². The summed E-state index contributed by atoms with van der Waals surface area (Å²) in [5, 5.41) is 11.0. The minimum absolute atomic E-state index is 0.00395. The van der Waals surface area contributed by atoms with Crippen LogP contribution in [-0.4, -0.2) is 68.0 Å². The van der Waals surface area contributed by atoms with Crippen LogP contribution in [0.1, 0.15) is 17.2 Å². The standard InChI is InChI=1S/C23H25FN2O5/c1-25(2)11-12-26-20(15-7-5-6-8-17(15)30-3)19(22(28)23(26)29)21(27)14-9-10-18(31-4)16(24)13-14/h5-10,13,20,27H,11-12H2,1-4H3. The van der Waals surface area contributed by atoms with Crippen LogP contribution in [0.2, 0.25) is 0 Å². The largest absolute Gasteiger partial charge is 0.507 e. The number of carbonyl (C=O) groups is 2. The van der Waals surface area contributed by atoms with E-state index in [9.17, 15) is 19.1 Å². The number of aliphatic hydroxyl groups is 1. The Hall–Kier alpha value is -3.39. The molecule has 1 heterocycles. The third-order valence-corrected chi connectivity index (χ3v) is 5.19. The molecule has 1 aliphatic heterocycles. The van der Waals surface area contributed by atoms with Gasteiger partial charge in [0, 0.05) is 24.2 Å². The monoisotopic (exact) mass is 428 g/mol. The number of hydrogen-bond acceptors (Lipinski definition) is 6. The van der Waals surface area contributed by atoms with Crippen LogP contribution in [0.4, 0.5) is 4.39 Å². The molecule has 0 bridgehead atoms. The van der Waals surface area contributed by atoms with Crippen LogP contribution in [0.15, 0.2) is 48.0 Å². The maximum absolute atomic E-state index is 14.3. The number of likely N-dealkylation sites (N-methyl/N-ethyl adjacent to an activating group) is 1. The quantitative estimate of drug-likeness (QED) is 0.415. The van der Waals surface area contributed by atoms with Gasteiger partial charge in [0.2, 0.25) is 0 Å². The highest BCUT2D eigenvalue weighted by molar-refractivity contribution is 6.46. The van der Waals surface area contributed by atoms with E-state index < -0.39 is 29.3 Å². The Morgan fingerprint density at radius 1 is 1.10 bits per heavy atom. The Morgan fingerprint density at radius 2 is 1.77 bits per heavy atom. The smallest absolute Gasteiger partial charge is 0.295 e. The average molecular weight is 428 g/mol. The maximum Gasteiger partial charge on any atom is 0.295 e. The van der Waals surface area contributed by atoms with E-state index in [1.54, 1.807) is 24.3 Å². The third-order valence-electron chi connectivity index (χ3n) is 5.19. The molecule has 0 aromatic heterocycles. The van der Waals surface area contributed by atoms with Crippen LogP contribution in [0.25, 0.3) is 5.76 Å². The van der Waals surface area contributed by atoms with Gasteiger partial charge < -0.3 is 24.4 Å². The zero-order chi connectivity index (χ0) is 22.7. The highest BCUT2D eigenvalue weighted by atomic mass is 19.1. The number of nitrogens with zero attached hydrogens (tertiary/aromatic N) is 2. The van der Waals surface area contributed by atoms with Gasteiger partial charge in [0.25, 0.3) is 11.7 Å². The summed E-state index contributed by atoms with van der Waals surface area (Å²) < 4.78 is 24.6. The molecule has 1 atom stereocenters. The number of Topliss-reactive ketones (excluding diaryl/α,β-unsaturated/α-hetero) is 1. The Balaban J connectivity index is 2.20. The van der Waals surface area contributed by atoms with Crippen molar-refractivity contribution in [2.24, 2.45) is 0 Å². The fourth-order valence-corrected chi connectivity index (χ4v) is 3.60. The van der Waals surface area contributed by atoms with Gasteiger partial charge in [-0.3, -0.25) is 9.59 Å². The van der Waals surface area contributed by atoms with Crippen molar-refractivity contribution in [3.05, 3.63) is 65.0 Å². The van der Waals surface area contributed by atoms with Crippen molar-refractivity contribution in [1.29, 1.82) is 0 Å². The third kappa shape index (κ3) is 4.25. The Labute approximate surface area is 180 Å². The van der Waals surface area contributed by atoms with Gasteiger partial charge >= 0.3 is 0 Å². The van der Waals surface area contributed by atoms with E-state index >= 15 is 0 Å². The summed E-state index contributed by atoms with van der Waals surface area (Å²) in [6, 6.07) is 9.97. The molecule has 1 amide bonds. The molecule has 1 fully saturated rings. The topological polar surface area (TPSA) is 79.3 Å². The normalized spacial score (nSPS) is 18.0. The first-order valence-electron chi connectivity index (χ1n) is 9.70. The highest BCUT2D eigenvalue weighted by Crippen LogP contribution is 2.42. The number of rotatable bonds is 7. The predicted molar refractivity (Wildman–Crippen MR) is 114 cm³/mol. The van der Waals surface area contributed by atoms with Gasteiger partial charge in [0.1, 0.15) is 11.5 Å². The van der Waals surface area contributed by atoms with E-state index in [0.717, 1.165) is 6.07 Å². The van der Waals surface area contributed by atoms with E-state index in [1.165, 1.54) is 31.3 Å². The lowest BCUT2D eigenvalue weighted by Gasteiger charge is -2.27. The number of aliphatic hydroxyl groups excluding tert-OH is 1. The Morgan fingerprint density at radius 3 is 2.39 bits per heavy atom. The fourth-order valence-electron chi connectivity index (χ4n) is 3.60. The second kappa shape index (κ2) is 9.18. The maximum atomic E-state index is 14.3. The molecule has 1 unspecified atom stereocenters. The van der Waals surface area contributed by atoms with Crippen LogP contribution >= 0.6 is 0 Å². The van der Waals surface area contributed by atoms with Gasteiger partial charge in [0.05, 0.1) is 25.8 Å². The lowest BCUT2D eigenvalue weighted by atomic mass is 9.94. The summed E-state index contributed by atoms with van der Waals surface area (Å²) in [4.78, 5) is 29.2. The molecule has 8 heteroatoms. The molecule has 1 N–H and O–H groups in total. The number of methoxy groups -OCH3 is 2. The second-order valence-corrected chi connectivity index (χ2v) is 7.39. The number of ether oxygens (including phenoxy) is 2. The summed E-state index contributed by atoms with van der Waals surface area (Å²) >= 11 is 0. The SMILES string of the molecule is COc1ccc(C(O)=C2C(=O)C(=O)N(CCN(C)C)C2c2ccccc2OC)cc1F. The second-order valence-electron chi connectivity index (χ2n) is 7.39. The summed E-state index contributed by atoms with van der Waals surface area (Å²) in [5.74, 6) is -2.23. The van der Waals surface area contributed by atoms with Crippen LogP contribution in [0, 0.1) is 5.82 Å². The van der Waals surface area contributed by atoms with E-state index in [4.69, 9.17) is 9.47 Å². The highest BCUT2D eigenvalue weighted by Gasteiger charge is 2.46. The van der Waals surface area contributed by atoms with E-state index in [-0.39, 0.29) is 23.4 Å². The van der Waals surface area contributed by atoms with Gasteiger partial charge in [-0.25, -0.2) is 4.39 Å². The van der Waals surface area contributed by atoms with E-state index in [1.807, 2.05) is 19.0 Å². The molecule has 31 heavy (non-hydrogen) atoms. The van der Waals surface area contributed by atoms with Gasteiger partial charge in [-0.2, -0.15) is 0 Å². The summed E-state index contributed by atoms with van der Waals surface area (Å²) in [6.45, 7) is 0.768. The van der Waals surface area contributed by atoms with Gasteiger partial charge in [-0.1, -0.05) is 18.2 Å². The van der Waals surface area contributed by atoms with Crippen molar-refractivity contribution in [2.75, 3.05) is 41.4 Å². The fraction of sp³-hybridized carbons (Fsp3) is 0.304. The molecule has 164 valence electrons. The zero-order valence-corrected chi connectivity index (χ0v) is 17.9. The Bertz CT molecular complexity index is 1030. The number of hydrogen-bond donors (Lipinski definition) is 1. The Kier molecular flexibility index (Phi) is 6.60. The summed E-state index contributed by atoms with van der Waals surface area (Å²) in [5.41, 5.74) is 0.514. The van der Waals surface area contributed by atoms with Gasteiger partial charge in [-0.15, -0.1) is 0 Å². The number of ketones is 1. The average Bonchev–Trinajstić information content (AvgIpc) is 3.01. The van der Waals surface area contributed by atoms with Crippen LogP contribution < -0.4 is 9.47 Å². The van der Waals surface area contributed by atoms with Gasteiger partial charge in [-0.05, 0) is 38.4 Å². The first-order chi connectivity index (χ1) is 14.8. The zero-order valence-electron chi connectivity index (χ0n) is 17.9. The molecule has 2 aromatic rings. The van der Waals surface area contributed by atoms with E-state index in [2.05, 4.69) is 0 Å². The van der Waals surface area contributed by atoms with E-state index in [0.29, 0.717) is 17.9 Å². The molecule has 0 saturated carbocycles. The minimum atomic E-state index is -0.874. The number of amides is 1. The lowest BCUT2D eigenvalue weighted by Crippen LogP contribution is -2.35. The lowest BCUT2D eigenvalue weighted by molar-refractivity contribution is -0.140. The van der Waals surface area contributed by atoms with Crippen LogP contribution in [0.3, 0.4) is 0 Å². The molecular formula is C23H25FN2O5. The molecule has 1 aliphatic rings. The van der Waals surface area contributed by atoms with Crippen molar-refractivity contribution < 1.29 is 28.6 Å². The van der Waals surface area contributed by atoms with Crippen molar-refractivity contribution in [3.8, 4) is 11.5 Å². The molecular weight excluding hydrogens is 403 g/mol. The summed E-state index contributed by atoms with van der Waals surface area (Å²) in [7, 11) is 6.53. The van der Waals surface area contributed by atoms with Crippen LogP contribution in [-0.2, 0) is 9.59 Å². The number of halogens is 1. The first kappa shape index (κ1) is 22.3. The summed E-state index contributed by atoms with van der Waals surface area (Å²) in [6.07, 6.45) is 0. The first-order valence-corrected chi connectivity index (χ1v) is 9.70. The van der Waals surface area contributed by atoms with Crippen molar-refractivity contribution in [2.45, 2.75) is 6.04 Å². The molecule has 0 radical (unpaired) electrons.